The molecule has 1 atom stereocenters. The molecule has 0 saturated heterocycles. The van der Waals surface area contributed by atoms with Crippen LogP contribution in [-0.4, -0.2) is 30.9 Å². The van der Waals surface area contributed by atoms with E-state index in [0.29, 0.717) is 25.9 Å². The van der Waals surface area contributed by atoms with Gasteiger partial charge in [0.2, 0.25) is 11.8 Å². The summed E-state index contributed by atoms with van der Waals surface area (Å²) in [6.07, 6.45) is 6.31. The first kappa shape index (κ1) is 16.0. The average Bonchev–Trinajstić information content (AvgIpc) is 3.23. The van der Waals surface area contributed by atoms with E-state index in [0.717, 1.165) is 32.1 Å². The molecule has 5 heteroatoms. The molecule has 0 spiro atoms. The van der Waals surface area contributed by atoms with Gasteiger partial charge in [0.15, 0.2) is 0 Å². The van der Waals surface area contributed by atoms with E-state index >= 15 is 0 Å². The minimum atomic E-state index is 0.0345. The second-order valence-electron chi connectivity index (χ2n) is 5.31. The van der Waals surface area contributed by atoms with Crippen LogP contribution in [0.2, 0.25) is 0 Å². The number of hydrogen-bond donors (Lipinski definition) is 3. The van der Waals surface area contributed by atoms with Crippen LogP contribution in [0.15, 0.2) is 0 Å². The summed E-state index contributed by atoms with van der Waals surface area (Å²) < 4.78 is 0. The highest BCUT2D eigenvalue weighted by Crippen LogP contribution is 2.28. The number of amides is 2. The Kier molecular flexibility index (Phi) is 7.48. The van der Waals surface area contributed by atoms with Gasteiger partial charge in [-0.25, -0.2) is 0 Å². The summed E-state index contributed by atoms with van der Waals surface area (Å²) in [6, 6.07) is 0.0912. The van der Waals surface area contributed by atoms with Crippen molar-refractivity contribution in [3.63, 3.8) is 0 Å². The summed E-state index contributed by atoms with van der Waals surface area (Å²) >= 11 is 0. The molecule has 1 saturated carbocycles. The maximum Gasteiger partial charge on any atom is 0.223 e. The maximum absolute atomic E-state index is 11.7. The predicted octanol–water partition coefficient (Wildman–Crippen LogP) is 0.927. The van der Waals surface area contributed by atoms with Gasteiger partial charge in [-0.2, -0.15) is 0 Å². The molecule has 1 aliphatic carbocycles. The van der Waals surface area contributed by atoms with Gasteiger partial charge < -0.3 is 16.4 Å². The third-order valence-corrected chi connectivity index (χ3v) is 3.38. The lowest BCUT2D eigenvalue weighted by Crippen LogP contribution is -2.40. The molecule has 5 nitrogen and oxygen atoms in total. The van der Waals surface area contributed by atoms with E-state index in [9.17, 15) is 9.59 Å². The van der Waals surface area contributed by atoms with Gasteiger partial charge in [0, 0.05) is 31.5 Å². The fraction of sp³-hybridized carbons (Fsp3) is 0.857. The van der Waals surface area contributed by atoms with Gasteiger partial charge in [-0.1, -0.05) is 19.8 Å². The molecule has 110 valence electrons. The summed E-state index contributed by atoms with van der Waals surface area (Å²) in [5.41, 5.74) is 5.62. The van der Waals surface area contributed by atoms with Crippen LogP contribution in [0.3, 0.4) is 0 Å². The molecule has 0 aromatic heterocycles. The summed E-state index contributed by atoms with van der Waals surface area (Å²) in [6.45, 7) is 3.20. The standard InChI is InChI=1S/C14H27N3O2/c1-2-3-5-12(10-15)17-13(18)6-4-9-16-14(19)11-7-8-11/h11-12H,2-10,15H2,1H3,(H,16,19)(H,17,18). The van der Waals surface area contributed by atoms with Gasteiger partial charge in [-0.3, -0.25) is 9.59 Å². The van der Waals surface area contributed by atoms with Gasteiger partial charge in [-0.05, 0) is 25.7 Å². The lowest BCUT2D eigenvalue weighted by atomic mass is 10.1. The molecule has 0 bridgehead atoms. The van der Waals surface area contributed by atoms with Crippen LogP contribution in [0.5, 0.6) is 0 Å². The number of nitrogens with two attached hydrogens (primary N) is 1. The van der Waals surface area contributed by atoms with Crippen molar-refractivity contribution in [3.05, 3.63) is 0 Å². The van der Waals surface area contributed by atoms with Crippen molar-refractivity contribution < 1.29 is 9.59 Å². The zero-order chi connectivity index (χ0) is 14.1. The van der Waals surface area contributed by atoms with Crippen LogP contribution >= 0.6 is 0 Å². The summed E-state index contributed by atoms with van der Waals surface area (Å²) in [5, 5.41) is 5.81. The summed E-state index contributed by atoms with van der Waals surface area (Å²) in [4.78, 5) is 23.1. The van der Waals surface area contributed by atoms with Crippen molar-refractivity contribution in [3.8, 4) is 0 Å². The number of carbonyl (C=O) groups excluding carboxylic acids is 2. The fourth-order valence-electron chi connectivity index (χ4n) is 1.95. The Morgan fingerprint density at radius 3 is 2.63 bits per heavy atom. The Hall–Kier alpha value is -1.10. The minimum Gasteiger partial charge on any atom is -0.356 e. The van der Waals surface area contributed by atoms with Gasteiger partial charge >= 0.3 is 0 Å². The molecule has 2 amide bonds. The second kappa shape index (κ2) is 8.91. The minimum absolute atomic E-state index is 0.0345. The van der Waals surface area contributed by atoms with Crippen LogP contribution in [0.25, 0.3) is 0 Å². The number of rotatable bonds is 10. The molecule has 0 heterocycles. The first-order valence-corrected chi connectivity index (χ1v) is 7.44. The molecule has 1 rings (SSSR count). The Morgan fingerprint density at radius 2 is 2.05 bits per heavy atom. The van der Waals surface area contributed by atoms with Crippen molar-refractivity contribution >= 4 is 11.8 Å². The molecular weight excluding hydrogens is 242 g/mol. The van der Waals surface area contributed by atoms with Crippen molar-refractivity contribution in [1.82, 2.24) is 10.6 Å². The highest BCUT2D eigenvalue weighted by molar-refractivity contribution is 5.81. The molecule has 0 aromatic rings. The molecule has 19 heavy (non-hydrogen) atoms. The predicted molar refractivity (Wildman–Crippen MR) is 75.5 cm³/mol. The second-order valence-corrected chi connectivity index (χ2v) is 5.31. The Balaban J connectivity index is 2.03. The molecule has 0 aromatic carbocycles. The Bertz CT molecular complexity index is 290. The average molecular weight is 269 g/mol. The molecular formula is C14H27N3O2. The third kappa shape index (κ3) is 7.15. The largest absolute Gasteiger partial charge is 0.356 e. The van der Waals surface area contributed by atoms with E-state index in [1.807, 2.05) is 0 Å². The van der Waals surface area contributed by atoms with E-state index < -0.39 is 0 Å². The van der Waals surface area contributed by atoms with Gasteiger partial charge in [0.25, 0.3) is 0 Å². The third-order valence-electron chi connectivity index (χ3n) is 3.38. The van der Waals surface area contributed by atoms with Crippen molar-refractivity contribution in [2.45, 2.75) is 57.9 Å². The lowest BCUT2D eigenvalue weighted by molar-refractivity contribution is -0.123. The molecule has 1 fully saturated rings. The first-order chi connectivity index (χ1) is 9.17. The smallest absolute Gasteiger partial charge is 0.223 e. The highest BCUT2D eigenvalue weighted by Gasteiger charge is 2.28. The van der Waals surface area contributed by atoms with E-state index in [1.54, 1.807) is 0 Å². The van der Waals surface area contributed by atoms with E-state index in [1.165, 1.54) is 0 Å². The van der Waals surface area contributed by atoms with Crippen LogP contribution in [-0.2, 0) is 9.59 Å². The van der Waals surface area contributed by atoms with Crippen molar-refractivity contribution in [2.75, 3.05) is 13.1 Å². The van der Waals surface area contributed by atoms with Crippen LogP contribution < -0.4 is 16.4 Å². The number of unbranched alkanes of at least 4 members (excludes halogenated alkanes) is 1. The zero-order valence-corrected chi connectivity index (χ0v) is 11.9. The monoisotopic (exact) mass is 269 g/mol. The van der Waals surface area contributed by atoms with E-state index in [-0.39, 0.29) is 23.8 Å². The normalized spacial score (nSPS) is 15.9. The molecule has 0 aliphatic heterocycles. The summed E-state index contributed by atoms with van der Waals surface area (Å²) in [5.74, 6) is 0.417. The van der Waals surface area contributed by atoms with Crippen LogP contribution in [0, 0.1) is 5.92 Å². The van der Waals surface area contributed by atoms with E-state index in [2.05, 4.69) is 17.6 Å². The number of carbonyl (C=O) groups is 2. The van der Waals surface area contributed by atoms with Gasteiger partial charge in [0.1, 0.15) is 0 Å². The maximum atomic E-state index is 11.7. The molecule has 0 radical (unpaired) electrons. The highest BCUT2D eigenvalue weighted by atomic mass is 16.2. The van der Waals surface area contributed by atoms with Crippen molar-refractivity contribution in [1.29, 1.82) is 0 Å². The Labute approximate surface area is 115 Å². The number of hydrogen-bond acceptors (Lipinski definition) is 3. The Morgan fingerprint density at radius 1 is 1.32 bits per heavy atom. The van der Waals surface area contributed by atoms with Crippen molar-refractivity contribution in [2.24, 2.45) is 11.7 Å². The van der Waals surface area contributed by atoms with Gasteiger partial charge in [0.05, 0.1) is 0 Å². The molecule has 1 unspecified atom stereocenters. The molecule has 1 aliphatic rings. The fourth-order valence-corrected chi connectivity index (χ4v) is 1.95. The van der Waals surface area contributed by atoms with E-state index in [4.69, 9.17) is 5.73 Å². The topological polar surface area (TPSA) is 84.2 Å². The number of nitrogens with one attached hydrogen (secondary N) is 2. The van der Waals surface area contributed by atoms with Gasteiger partial charge in [-0.15, -0.1) is 0 Å². The SMILES string of the molecule is CCCCC(CN)NC(=O)CCCNC(=O)C1CC1. The quantitative estimate of drug-likeness (QED) is 0.516. The lowest BCUT2D eigenvalue weighted by Gasteiger charge is -2.16. The molecule has 4 N–H and O–H groups in total. The zero-order valence-electron chi connectivity index (χ0n) is 11.9. The first-order valence-electron chi connectivity index (χ1n) is 7.44. The van der Waals surface area contributed by atoms with Crippen LogP contribution in [0.1, 0.15) is 51.9 Å². The van der Waals surface area contributed by atoms with Crippen LogP contribution in [0.4, 0.5) is 0 Å². The summed E-state index contributed by atoms with van der Waals surface area (Å²) in [7, 11) is 0.